The molecular weight excluding hydrogens is 256 g/mol. The molecule has 8 N–H and O–H groups in total. The fraction of sp³-hybridized carbons (Fsp3) is 0.667. The van der Waals surface area contributed by atoms with Crippen molar-refractivity contribution in [1.29, 1.82) is 0 Å². The molecule has 0 saturated carbocycles. The number of aliphatic hydroxyl groups excluding tert-OH is 4. The van der Waals surface area contributed by atoms with Crippen molar-refractivity contribution in [3.63, 3.8) is 0 Å². The lowest BCUT2D eigenvalue weighted by atomic mass is 10.4. The van der Waals surface area contributed by atoms with Crippen molar-refractivity contribution in [2.24, 2.45) is 0 Å². The van der Waals surface area contributed by atoms with Gasteiger partial charge in [0.15, 0.2) is 0 Å². The second-order valence-corrected chi connectivity index (χ2v) is 3.78. The lowest BCUT2D eigenvalue weighted by molar-refractivity contribution is 0.105. The Kier molecular flexibility index (Phi) is 6.15. The average molecular weight is 274 g/mol. The highest BCUT2D eigenvalue weighted by Crippen LogP contribution is 2.06. The largest absolute Gasteiger partial charge is 0.394 e. The quantitative estimate of drug-likeness (QED) is 0.259. The Morgan fingerprint density at radius 3 is 1.68 bits per heavy atom. The summed E-state index contributed by atoms with van der Waals surface area (Å²) in [7, 11) is 0. The second kappa shape index (κ2) is 7.63. The van der Waals surface area contributed by atoms with Crippen LogP contribution in [0.25, 0.3) is 0 Å². The lowest BCUT2D eigenvalue weighted by Crippen LogP contribution is -2.26. The lowest BCUT2D eigenvalue weighted by Gasteiger charge is -2.12. The van der Waals surface area contributed by atoms with Crippen LogP contribution >= 0.6 is 0 Å². The molecule has 1 heterocycles. The summed E-state index contributed by atoms with van der Waals surface area (Å²) in [5.74, 6) is 0.207. The van der Waals surface area contributed by atoms with Crippen molar-refractivity contribution < 1.29 is 20.4 Å². The molecule has 0 aliphatic heterocycles. The average Bonchev–Trinajstić information content (AvgIpc) is 2.41. The first-order valence-electron chi connectivity index (χ1n) is 5.62. The molecule has 108 valence electrons. The summed E-state index contributed by atoms with van der Waals surface area (Å²) in [6.45, 7) is -0.667. The van der Waals surface area contributed by atoms with Gasteiger partial charge in [0.25, 0.3) is 0 Å². The molecule has 0 radical (unpaired) electrons. The van der Waals surface area contributed by atoms with Crippen molar-refractivity contribution in [1.82, 2.24) is 15.0 Å². The number of anilines is 3. The molecule has 0 aliphatic carbocycles. The molecule has 1 aromatic heterocycles. The Labute approximate surface area is 109 Å². The normalized spacial score (nSPS) is 13.9. The molecule has 2 atom stereocenters. The van der Waals surface area contributed by atoms with E-state index in [1.807, 2.05) is 0 Å². The number of nitrogen functional groups attached to an aromatic ring is 1. The number of aromatic nitrogens is 3. The van der Waals surface area contributed by atoms with Crippen LogP contribution in [-0.4, -0.2) is 73.9 Å². The topological polar surface area (TPSA) is 170 Å². The Hall–Kier alpha value is -1.75. The number of rotatable bonds is 8. The standard InChI is InChI=1S/C9H18N6O4/c10-7-13-8(11-1-5(18)3-16)15-9(14-7)12-2-6(19)4-17/h5-6,16-19H,1-4H2,(H4,10,11,12,13,14,15). The van der Waals surface area contributed by atoms with Gasteiger partial charge in [-0.2, -0.15) is 15.0 Å². The SMILES string of the molecule is Nc1nc(NCC(O)CO)nc(NCC(O)CO)n1. The summed E-state index contributed by atoms with van der Waals surface area (Å²) in [6, 6.07) is 0. The van der Waals surface area contributed by atoms with Crippen LogP contribution in [0.3, 0.4) is 0 Å². The molecule has 1 rings (SSSR count). The fourth-order valence-electron chi connectivity index (χ4n) is 1.10. The first kappa shape index (κ1) is 15.3. The maximum absolute atomic E-state index is 9.17. The van der Waals surface area contributed by atoms with E-state index < -0.39 is 12.2 Å². The van der Waals surface area contributed by atoms with E-state index in [0.717, 1.165) is 0 Å². The van der Waals surface area contributed by atoms with Crippen LogP contribution in [0, 0.1) is 0 Å². The van der Waals surface area contributed by atoms with E-state index in [1.54, 1.807) is 0 Å². The van der Waals surface area contributed by atoms with Gasteiger partial charge in [-0.05, 0) is 0 Å². The monoisotopic (exact) mass is 274 g/mol. The summed E-state index contributed by atoms with van der Waals surface area (Å²) < 4.78 is 0. The van der Waals surface area contributed by atoms with Gasteiger partial charge in [-0.15, -0.1) is 0 Å². The van der Waals surface area contributed by atoms with E-state index in [-0.39, 0.29) is 44.1 Å². The van der Waals surface area contributed by atoms with Gasteiger partial charge >= 0.3 is 0 Å². The Balaban J connectivity index is 2.60. The molecule has 1 aromatic rings. The number of hydrogen-bond donors (Lipinski definition) is 7. The number of nitrogens with one attached hydrogen (secondary N) is 2. The molecule has 10 nitrogen and oxygen atoms in total. The summed E-state index contributed by atoms with van der Waals surface area (Å²) >= 11 is 0. The number of hydrogen-bond acceptors (Lipinski definition) is 10. The van der Waals surface area contributed by atoms with Crippen LogP contribution in [0.5, 0.6) is 0 Å². The number of nitrogens with two attached hydrogens (primary N) is 1. The van der Waals surface area contributed by atoms with Crippen molar-refractivity contribution in [3.8, 4) is 0 Å². The highest BCUT2D eigenvalue weighted by Gasteiger charge is 2.08. The highest BCUT2D eigenvalue weighted by molar-refractivity contribution is 5.39. The highest BCUT2D eigenvalue weighted by atomic mass is 16.3. The van der Waals surface area contributed by atoms with Gasteiger partial charge in [-0.3, -0.25) is 0 Å². The second-order valence-electron chi connectivity index (χ2n) is 3.78. The minimum Gasteiger partial charge on any atom is -0.394 e. The third-order valence-electron chi connectivity index (χ3n) is 2.07. The smallest absolute Gasteiger partial charge is 0.229 e. The fourth-order valence-corrected chi connectivity index (χ4v) is 1.10. The molecular formula is C9H18N6O4. The molecule has 0 bridgehead atoms. The van der Waals surface area contributed by atoms with Crippen molar-refractivity contribution in [2.45, 2.75) is 12.2 Å². The minimum absolute atomic E-state index is 0.0445. The maximum atomic E-state index is 9.17. The third-order valence-corrected chi connectivity index (χ3v) is 2.07. The van der Waals surface area contributed by atoms with E-state index in [1.165, 1.54) is 0 Å². The third kappa shape index (κ3) is 5.61. The zero-order valence-electron chi connectivity index (χ0n) is 10.2. The van der Waals surface area contributed by atoms with Crippen LogP contribution in [0.2, 0.25) is 0 Å². The maximum Gasteiger partial charge on any atom is 0.229 e. The van der Waals surface area contributed by atoms with Crippen LogP contribution < -0.4 is 16.4 Å². The van der Waals surface area contributed by atoms with E-state index in [2.05, 4.69) is 25.6 Å². The van der Waals surface area contributed by atoms with Crippen LogP contribution in [-0.2, 0) is 0 Å². The van der Waals surface area contributed by atoms with Gasteiger partial charge in [0.1, 0.15) is 0 Å². The van der Waals surface area contributed by atoms with Gasteiger partial charge in [0, 0.05) is 13.1 Å². The summed E-state index contributed by atoms with van der Waals surface area (Å²) in [4.78, 5) is 11.5. The summed E-state index contributed by atoms with van der Waals surface area (Å²) in [5.41, 5.74) is 5.47. The van der Waals surface area contributed by atoms with Crippen LogP contribution in [0.4, 0.5) is 17.8 Å². The molecule has 0 fully saturated rings. The molecule has 10 heteroatoms. The van der Waals surface area contributed by atoms with E-state index >= 15 is 0 Å². The molecule has 19 heavy (non-hydrogen) atoms. The van der Waals surface area contributed by atoms with Gasteiger partial charge in [0.05, 0.1) is 25.4 Å². The van der Waals surface area contributed by atoms with E-state index in [9.17, 15) is 10.2 Å². The van der Waals surface area contributed by atoms with Crippen molar-refractivity contribution >= 4 is 17.8 Å². The molecule has 0 spiro atoms. The van der Waals surface area contributed by atoms with Crippen LogP contribution in [0.15, 0.2) is 0 Å². The minimum atomic E-state index is -0.939. The molecule has 2 unspecified atom stereocenters. The summed E-state index contributed by atoms with van der Waals surface area (Å²) in [6.07, 6.45) is -1.88. The number of aliphatic hydroxyl groups is 4. The van der Waals surface area contributed by atoms with Crippen LogP contribution in [0.1, 0.15) is 0 Å². The van der Waals surface area contributed by atoms with Crippen molar-refractivity contribution in [2.75, 3.05) is 42.7 Å². The van der Waals surface area contributed by atoms with Gasteiger partial charge in [0.2, 0.25) is 17.8 Å². The predicted octanol–water partition coefficient (Wildman–Crippen LogP) is -3.02. The predicted molar refractivity (Wildman–Crippen MR) is 67.4 cm³/mol. The van der Waals surface area contributed by atoms with Gasteiger partial charge in [-0.1, -0.05) is 0 Å². The molecule has 0 aliphatic rings. The Bertz CT molecular complexity index is 361. The van der Waals surface area contributed by atoms with E-state index in [4.69, 9.17) is 15.9 Å². The first-order chi connectivity index (χ1) is 9.05. The van der Waals surface area contributed by atoms with Crippen molar-refractivity contribution in [3.05, 3.63) is 0 Å². The zero-order chi connectivity index (χ0) is 14.3. The Morgan fingerprint density at radius 2 is 1.32 bits per heavy atom. The Morgan fingerprint density at radius 1 is 0.895 bits per heavy atom. The molecule has 0 amide bonds. The van der Waals surface area contributed by atoms with Gasteiger partial charge in [-0.25, -0.2) is 0 Å². The van der Waals surface area contributed by atoms with E-state index in [0.29, 0.717) is 0 Å². The zero-order valence-corrected chi connectivity index (χ0v) is 10.2. The molecule has 0 saturated heterocycles. The summed E-state index contributed by atoms with van der Waals surface area (Å²) in [5, 5.41) is 41.0. The first-order valence-corrected chi connectivity index (χ1v) is 5.62. The van der Waals surface area contributed by atoms with Gasteiger partial charge < -0.3 is 36.8 Å². The molecule has 0 aromatic carbocycles. The number of nitrogens with zero attached hydrogens (tertiary/aromatic N) is 3.